The Morgan fingerprint density at radius 1 is 1.33 bits per heavy atom. The fraction of sp³-hybridized carbons (Fsp3) is 0.500. The van der Waals surface area contributed by atoms with Crippen LogP contribution in [0.5, 0.6) is 0 Å². The van der Waals surface area contributed by atoms with Crippen LogP contribution in [0.3, 0.4) is 0 Å². The van der Waals surface area contributed by atoms with Gasteiger partial charge in [0.15, 0.2) is 0 Å². The number of nitrogens with one attached hydrogen (secondary N) is 1. The van der Waals surface area contributed by atoms with Crippen LogP contribution < -0.4 is 5.32 Å². The van der Waals surface area contributed by atoms with Crippen LogP contribution in [0.4, 0.5) is 10.5 Å². The average Bonchev–Trinajstić information content (AvgIpc) is 2.27. The van der Waals surface area contributed by atoms with E-state index in [1.807, 2.05) is 29.2 Å². The lowest BCUT2D eigenvalue weighted by molar-refractivity contribution is 0.156. The Bertz CT molecular complexity index is 426. The van der Waals surface area contributed by atoms with Crippen molar-refractivity contribution in [1.29, 1.82) is 0 Å². The van der Waals surface area contributed by atoms with E-state index in [0.717, 1.165) is 23.2 Å². The van der Waals surface area contributed by atoms with E-state index in [2.05, 4.69) is 35.1 Å². The van der Waals surface area contributed by atoms with Gasteiger partial charge in [-0.1, -0.05) is 35.8 Å². The van der Waals surface area contributed by atoms with Gasteiger partial charge in [0.1, 0.15) is 0 Å². The Balaban J connectivity index is 1.99. The van der Waals surface area contributed by atoms with Gasteiger partial charge < -0.3 is 10.2 Å². The molecule has 0 unspecified atom stereocenters. The van der Waals surface area contributed by atoms with Crippen LogP contribution in [0, 0.1) is 11.8 Å². The Morgan fingerprint density at radius 3 is 2.61 bits per heavy atom. The monoisotopic (exact) mass is 310 g/mol. The van der Waals surface area contributed by atoms with E-state index in [-0.39, 0.29) is 6.03 Å². The van der Waals surface area contributed by atoms with Gasteiger partial charge in [0.05, 0.1) is 0 Å². The molecule has 0 aromatic heterocycles. The molecule has 1 aliphatic rings. The maximum absolute atomic E-state index is 12.2. The number of urea groups is 1. The molecule has 0 aliphatic carbocycles. The molecule has 98 valence electrons. The van der Waals surface area contributed by atoms with Gasteiger partial charge in [0.25, 0.3) is 0 Å². The first-order chi connectivity index (χ1) is 8.54. The molecule has 1 aromatic carbocycles. The number of halogens is 1. The fourth-order valence-corrected chi connectivity index (χ4v) is 3.00. The molecule has 1 aliphatic heterocycles. The topological polar surface area (TPSA) is 32.3 Å². The first-order valence-corrected chi connectivity index (χ1v) is 7.15. The van der Waals surface area contributed by atoms with Crippen LogP contribution in [0.25, 0.3) is 0 Å². The zero-order valence-corrected chi connectivity index (χ0v) is 12.4. The number of hydrogen-bond acceptors (Lipinski definition) is 1. The van der Waals surface area contributed by atoms with Crippen molar-refractivity contribution >= 4 is 27.6 Å². The van der Waals surface area contributed by atoms with Crippen LogP contribution in [0.2, 0.25) is 0 Å². The molecule has 0 saturated carbocycles. The van der Waals surface area contributed by atoms with Gasteiger partial charge in [0, 0.05) is 23.2 Å². The molecule has 4 heteroatoms. The highest BCUT2D eigenvalue weighted by Gasteiger charge is 2.25. The second kappa shape index (κ2) is 5.74. The number of rotatable bonds is 1. The van der Waals surface area contributed by atoms with Crippen molar-refractivity contribution in [1.82, 2.24) is 4.90 Å². The standard InChI is InChI=1S/C14H19BrN2O/c1-10-6-11(2)9-17(8-10)14(18)16-13-5-3-4-12(15)7-13/h3-5,7,10-11H,6,8-9H2,1-2H3,(H,16,18)/t10-,11-/m1/s1. The molecule has 3 nitrogen and oxygen atoms in total. The van der Waals surface area contributed by atoms with Crippen LogP contribution in [0.1, 0.15) is 20.3 Å². The van der Waals surface area contributed by atoms with Crippen molar-refractivity contribution in [3.63, 3.8) is 0 Å². The summed E-state index contributed by atoms with van der Waals surface area (Å²) < 4.78 is 0.973. The van der Waals surface area contributed by atoms with Gasteiger partial charge >= 0.3 is 6.03 Å². The normalized spacial score (nSPS) is 23.8. The number of likely N-dealkylation sites (tertiary alicyclic amines) is 1. The first kappa shape index (κ1) is 13.4. The summed E-state index contributed by atoms with van der Waals surface area (Å²) in [6.07, 6.45) is 1.21. The number of carbonyl (C=O) groups excluding carboxylic acids is 1. The highest BCUT2D eigenvalue weighted by molar-refractivity contribution is 9.10. The molecule has 1 fully saturated rings. The lowest BCUT2D eigenvalue weighted by atomic mass is 9.92. The molecule has 1 N–H and O–H groups in total. The molecular weight excluding hydrogens is 292 g/mol. The summed E-state index contributed by atoms with van der Waals surface area (Å²) in [6.45, 7) is 6.11. The van der Waals surface area contributed by atoms with Crippen molar-refractivity contribution in [3.05, 3.63) is 28.7 Å². The summed E-state index contributed by atoms with van der Waals surface area (Å²) in [6, 6.07) is 7.68. The van der Waals surface area contributed by atoms with Crippen molar-refractivity contribution in [2.75, 3.05) is 18.4 Å². The summed E-state index contributed by atoms with van der Waals surface area (Å²) in [4.78, 5) is 14.1. The molecule has 2 atom stereocenters. The highest BCUT2D eigenvalue weighted by Crippen LogP contribution is 2.22. The average molecular weight is 311 g/mol. The molecule has 0 spiro atoms. The number of carbonyl (C=O) groups is 1. The Kier molecular flexibility index (Phi) is 4.27. The Morgan fingerprint density at radius 2 is 2.00 bits per heavy atom. The SMILES string of the molecule is C[C@@H]1C[C@@H](C)CN(C(=O)Nc2cccc(Br)c2)C1. The van der Waals surface area contributed by atoms with Gasteiger partial charge in [-0.15, -0.1) is 0 Å². The zero-order chi connectivity index (χ0) is 13.1. The van der Waals surface area contributed by atoms with Crippen molar-refractivity contribution < 1.29 is 4.79 Å². The number of hydrogen-bond donors (Lipinski definition) is 1. The van der Waals surface area contributed by atoms with E-state index in [1.54, 1.807) is 0 Å². The minimum absolute atomic E-state index is 0.00602. The van der Waals surface area contributed by atoms with Crippen molar-refractivity contribution in [2.45, 2.75) is 20.3 Å². The van der Waals surface area contributed by atoms with E-state index in [9.17, 15) is 4.79 Å². The molecule has 2 amide bonds. The van der Waals surface area contributed by atoms with Crippen LogP contribution in [-0.2, 0) is 0 Å². The van der Waals surface area contributed by atoms with E-state index >= 15 is 0 Å². The number of anilines is 1. The number of amides is 2. The van der Waals surface area contributed by atoms with E-state index < -0.39 is 0 Å². The summed E-state index contributed by atoms with van der Waals surface area (Å²) in [5.41, 5.74) is 0.834. The van der Waals surface area contributed by atoms with Gasteiger partial charge in [0.2, 0.25) is 0 Å². The predicted octanol–water partition coefficient (Wildman–Crippen LogP) is 3.96. The van der Waals surface area contributed by atoms with Crippen LogP contribution >= 0.6 is 15.9 Å². The first-order valence-electron chi connectivity index (χ1n) is 6.36. The molecular formula is C14H19BrN2O. The molecule has 1 saturated heterocycles. The van der Waals surface area contributed by atoms with Crippen molar-refractivity contribution in [3.8, 4) is 0 Å². The second-order valence-corrected chi connectivity index (χ2v) is 6.21. The third-order valence-electron chi connectivity index (χ3n) is 3.23. The van der Waals surface area contributed by atoms with Crippen LogP contribution in [-0.4, -0.2) is 24.0 Å². The maximum atomic E-state index is 12.2. The Labute approximate surface area is 117 Å². The maximum Gasteiger partial charge on any atom is 0.321 e. The molecule has 2 rings (SSSR count). The third kappa shape index (κ3) is 3.48. The summed E-state index contributed by atoms with van der Waals surface area (Å²) in [7, 11) is 0. The minimum Gasteiger partial charge on any atom is -0.324 e. The van der Waals surface area contributed by atoms with E-state index in [0.29, 0.717) is 11.8 Å². The fourth-order valence-electron chi connectivity index (χ4n) is 2.60. The lowest BCUT2D eigenvalue weighted by Gasteiger charge is -2.34. The molecule has 1 heterocycles. The van der Waals surface area contributed by atoms with Gasteiger partial charge in [-0.25, -0.2) is 4.79 Å². The van der Waals surface area contributed by atoms with Crippen LogP contribution in [0.15, 0.2) is 28.7 Å². The Hall–Kier alpha value is -1.03. The van der Waals surface area contributed by atoms with E-state index in [1.165, 1.54) is 6.42 Å². The molecule has 1 aromatic rings. The minimum atomic E-state index is 0.00602. The summed E-state index contributed by atoms with van der Waals surface area (Å²) in [5.74, 6) is 1.17. The second-order valence-electron chi connectivity index (χ2n) is 5.29. The molecule has 0 bridgehead atoms. The zero-order valence-electron chi connectivity index (χ0n) is 10.8. The van der Waals surface area contributed by atoms with Crippen molar-refractivity contribution in [2.24, 2.45) is 11.8 Å². The third-order valence-corrected chi connectivity index (χ3v) is 3.73. The van der Waals surface area contributed by atoms with Gasteiger partial charge in [-0.3, -0.25) is 0 Å². The number of nitrogens with zero attached hydrogens (tertiary/aromatic N) is 1. The highest BCUT2D eigenvalue weighted by atomic mass is 79.9. The largest absolute Gasteiger partial charge is 0.324 e. The van der Waals surface area contributed by atoms with E-state index in [4.69, 9.17) is 0 Å². The summed E-state index contributed by atoms with van der Waals surface area (Å²) >= 11 is 3.40. The number of piperidine rings is 1. The molecule has 18 heavy (non-hydrogen) atoms. The predicted molar refractivity (Wildman–Crippen MR) is 77.7 cm³/mol. The molecule has 0 radical (unpaired) electrons. The van der Waals surface area contributed by atoms with Gasteiger partial charge in [-0.05, 0) is 36.5 Å². The quantitative estimate of drug-likeness (QED) is 0.836. The van der Waals surface area contributed by atoms with Gasteiger partial charge in [-0.2, -0.15) is 0 Å². The lowest BCUT2D eigenvalue weighted by Crippen LogP contribution is -2.44. The smallest absolute Gasteiger partial charge is 0.321 e. The number of benzene rings is 1. The summed E-state index contributed by atoms with van der Waals surface area (Å²) in [5, 5.41) is 2.95.